The van der Waals surface area contributed by atoms with Gasteiger partial charge in [-0.15, -0.1) is 0 Å². The van der Waals surface area contributed by atoms with Crippen molar-refractivity contribution in [1.82, 2.24) is 0 Å². The van der Waals surface area contributed by atoms with E-state index in [0.29, 0.717) is 12.2 Å². The van der Waals surface area contributed by atoms with Crippen molar-refractivity contribution in [1.29, 1.82) is 0 Å². The van der Waals surface area contributed by atoms with Gasteiger partial charge in [-0.25, -0.2) is 4.79 Å². The molecule has 4 fully saturated rings. The van der Waals surface area contributed by atoms with Gasteiger partial charge in [0.25, 0.3) is 0 Å². The second-order valence-electron chi connectivity index (χ2n) is 12.5. The lowest BCUT2D eigenvalue weighted by Crippen LogP contribution is -2.48. The summed E-state index contributed by atoms with van der Waals surface area (Å²) in [5.74, 6) is 3.44. The van der Waals surface area contributed by atoms with E-state index in [1.54, 1.807) is 0 Å². The standard InChI is InChI=1S/C35H42O4/c1-38-34(37)28-9-7-27(8-10-28)29-11-12-30-20-33(39-14-6-4-2-3-5-13-36)32(19-31(30)18-29)35-21-24-15-25(22-35)17-26(16-24)23-35/h7-12,18-20,24-26,36H,2-6,13-17,21-23H2,1H3. The van der Waals surface area contributed by atoms with E-state index in [-0.39, 0.29) is 11.4 Å². The molecule has 0 unspecified atom stereocenters. The lowest BCUT2D eigenvalue weighted by atomic mass is 9.48. The zero-order valence-electron chi connectivity index (χ0n) is 23.3. The molecule has 4 aliphatic carbocycles. The Morgan fingerprint density at radius 1 is 0.795 bits per heavy atom. The van der Waals surface area contributed by atoms with Gasteiger partial charge < -0.3 is 14.6 Å². The third-order valence-corrected chi connectivity index (χ3v) is 9.75. The third-order valence-electron chi connectivity index (χ3n) is 9.75. The number of methoxy groups -OCH3 is 1. The number of aliphatic hydroxyl groups is 1. The molecule has 4 heteroatoms. The molecule has 4 aliphatic rings. The van der Waals surface area contributed by atoms with Gasteiger partial charge in [0, 0.05) is 12.2 Å². The minimum absolute atomic E-state index is 0.261. The topological polar surface area (TPSA) is 55.8 Å². The highest BCUT2D eigenvalue weighted by Crippen LogP contribution is 2.62. The highest BCUT2D eigenvalue weighted by molar-refractivity contribution is 5.92. The summed E-state index contributed by atoms with van der Waals surface area (Å²) in [7, 11) is 1.41. The molecule has 0 aromatic heterocycles. The first-order valence-corrected chi connectivity index (χ1v) is 15.1. The van der Waals surface area contributed by atoms with Gasteiger partial charge in [0.2, 0.25) is 0 Å². The monoisotopic (exact) mass is 526 g/mol. The average molecular weight is 527 g/mol. The number of hydrogen-bond donors (Lipinski definition) is 1. The molecule has 0 aliphatic heterocycles. The third kappa shape index (κ3) is 5.45. The summed E-state index contributed by atoms with van der Waals surface area (Å²) in [5.41, 5.74) is 4.54. The first-order chi connectivity index (χ1) is 19.1. The molecule has 0 atom stereocenters. The summed E-state index contributed by atoms with van der Waals surface area (Å²) in [5, 5.41) is 11.5. The van der Waals surface area contributed by atoms with Crippen molar-refractivity contribution < 1.29 is 19.4 Å². The van der Waals surface area contributed by atoms with Crippen LogP contribution in [0.15, 0.2) is 54.6 Å². The number of carbonyl (C=O) groups is 1. The van der Waals surface area contributed by atoms with Gasteiger partial charge in [-0.1, -0.05) is 43.5 Å². The second-order valence-corrected chi connectivity index (χ2v) is 12.5. The van der Waals surface area contributed by atoms with E-state index >= 15 is 0 Å². The summed E-state index contributed by atoms with van der Waals surface area (Å²) in [6.07, 6.45) is 13.6. The molecule has 3 aromatic carbocycles. The second kappa shape index (κ2) is 11.3. The van der Waals surface area contributed by atoms with Gasteiger partial charge in [-0.2, -0.15) is 0 Å². The Balaban J connectivity index is 1.30. The van der Waals surface area contributed by atoms with Crippen LogP contribution in [0.4, 0.5) is 0 Å². The smallest absolute Gasteiger partial charge is 0.337 e. The van der Waals surface area contributed by atoms with Crippen LogP contribution in [0.1, 0.15) is 86.6 Å². The number of unbranched alkanes of at least 4 members (excludes halogenated alkanes) is 4. The Hall–Kier alpha value is -2.85. The predicted molar refractivity (Wildman–Crippen MR) is 156 cm³/mol. The number of esters is 1. The summed E-state index contributed by atoms with van der Waals surface area (Å²) in [6.45, 7) is 1.05. The van der Waals surface area contributed by atoms with Crippen LogP contribution in [-0.2, 0) is 10.2 Å². The SMILES string of the molecule is COC(=O)c1ccc(-c2ccc3cc(OCCCCCCCO)c(C45CC6CC(CC(C6)C4)C5)cc3c2)cc1. The molecule has 4 saturated carbocycles. The van der Waals surface area contributed by atoms with Gasteiger partial charge in [0.05, 0.1) is 19.3 Å². The zero-order valence-corrected chi connectivity index (χ0v) is 23.3. The molecular weight excluding hydrogens is 484 g/mol. The molecule has 7 rings (SSSR count). The number of ether oxygens (including phenoxy) is 2. The largest absolute Gasteiger partial charge is 0.493 e. The minimum Gasteiger partial charge on any atom is -0.493 e. The minimum atomic E-state index is -0.307. The molecule has 4 bridgehead atoms. The van der Waals surface area contributed by atoms with Gasteiger partial charge in [0.15, 0.2) is 0 Å². The molecule has 0 spiro atoms. The van der Waals surface area contributed by atoms with Crippen LogP contribution >= 0.6 is 0 Å². The maximum atomic E-state index is 11.9. The zero-order chi connectivity index (χ0) is 26.8. The molecular formula is C35H42O4. The van der Waals surface area contributed by atoms with Gasteiger partial charge in [-0.05, 0) is 127 Å². The fraction of sp³-hybridized carbons (Fsp3) is 0.514. The number of aliphatic hydroxyl groups excluding tert-OH is 1. The van der Waals surface area contributed by atoms with Crippen molar-refractivity contribution in [2.75, 3.05) is 20.3 Å². The van der Waals surface area contributed by atoms with E-state index in [1.165, 1.54) is 62.0 Å². The molecule has 3 aromatic rings. The van der Waals surface area contributed by atoms with E-state index in [9.17, 15) is 4.79 Å². The van der Waals surface area contributed by atoms with Gasteiger partial charge in [0.1, 0.15) is 5.75 Å². The Kier molecular flexibility index (Phi) is 7.66. The van der Waals surface area contributed by atoms with Crippen molar-refractivity contribution in [3.05, 3.63) is 65.7 Å². The van der Waals surface area contributed by atoms with E-state index in [0.717, 1.165) is 73.3 Å². The molecule has 0 heterocycles. The summed E-state index contributed by atoms with van der Waals surface area (Å²) < 4.78 is 11.5. The maximum absolute atomic E-state index is 11.9. The molecule has 0 saturated heterocycles. The first kappa shape index (κ1) is 26.4. The van der Waals surface area contributed by atoms with Crippen LogP contribution in [0.2, 0.25) is 0 Å². The number of fused-ring (bicyclic) bond motifs is 1. The molecule has 4 nitrogen and oxygen atoms in total. The number of carbonyl (C=O) groups excluding carboxylic acids is 1. The Morgan fingerprint density at radius 3 is 2.10 bits per heavy atom. The van der Waals surface area contributed by atoms with Crippen LogP contribution in [0, 0.1) is 17.8 Å². The van der Waals surface area contributed by atoms with E-state index in [1.807, 2.05) is 24.3 Å². The molecule has 39 heavy (non-hydrogen) atoms. The summed E-state index contributed by atoms with van der Waals surface area (Å²) >= 11 is 0. The Bertz CT molecular complexity index is 1270. The first-order valence-electron chi connectivity index (χ1n) is 15.1. The van der Waals surface area contributed by atoms with Crippen molar-refractivity contribution in [2.24, 2.45) is 17.8 Å². The molecule has 206 valence electrons. The normalized spacial score (nSPS) is 25.2. The predicted octanol–water partition coefficient (Wildman–Crippen LogP) is 8.08. The summed E-state index contributed by atoms with van der Waals surface area (Å²) in [4.78, 5) is 11.9. The van der Waals surface area contributed by atoms with Gasteiger partial charge >= 0.3 is 5.97 Å². The van der Waals surface area contributed by atoms with Crippen molar-refractivity contribution in [3.63, 3.8) is 0 Å². The number of benzene rings is 3. The van der Waals surface area contributed by atoms with E-state index < -0.39 is 0 Å². The van der Waals surface area contributed by atoms with E-state index in [2.05, 4.69) is 30.3 Å². The fourth-order valence-corrected chi connectivity index (χ4v) is 8.27. The molecule has 0 amide bonds. The Morgan fingerprint density at radius 2 is 1.44 bits per heavy atom. The van der Waals surface area contributed by atoms with Gasteiger partial charge in [-0.3, -0.25) is 0 Å². The quantitative estimate of drug-likeness (QED) is 0.203. The van der Waals surface area contributed by atoms with Crippen molar-refractivity contribution in [2.45, 2.75) is 76.0 Å². The van der Waals surface area contributed by atoms with Crippen LogP contribution in [-0.4, -0.2) is 31.4 Å². The number of rotatable bonds is 11. The van der Waals surface area contributed by atoms with Crippen LogP contribution in [0.5, 0.6) is 5.75 Å². The lowest BCUT2D eigenvalue weighted by Gasteiger charge is -2.57. The van der Waals surface area contributed by atoms with E-state index in [4.69, 9.17) is 14.6 Å². The molecule has 0 radical (unpaired) electrons. The number of hydrogen-bond acceptors (Lipinski definition) is 4. The average Bonchev–Trinajstić information content (AvgIpc) is 2.95. The highest BCUT2D eigenvalue weighted by Gasteiger charge is 2.52. The highest BCUT2D eigenvalue weighted by atomic mass is 16.5. The van der Waals surface area contributed by atoms with Crippen molar-refractivity contribution in [3.8, 4) is 16.9 Å². The fourth-order valence-electron chi connectivity index (χ4n) is 8.27. The van der Waals surface area contributed by atoms with Crippen LogP contribution < -0.4 is 4.74 Å². The molecule has 1 N–H and O–H groups in total. The van der Waals surface area contributed by atoms with Crippen molar-refractivity contribution >= 4 is 16.7 Å². The summed E-state index contributed by atoms with van der Waals surface area (Å²) in [6, 6.07) is 19.1. The van der Waals surface area contributed by atoms with Crippen LogP contribution in [0.25, 0.3) is 21.9 Å². The van der Waals surface area contributed by atoms with Crippen LogP contribution in [0.3, 0.4) is 0 Å². The maximum Gasteiger partial charge on any atom is 0.337 e. The lowest BCUT2D eigenvalue weighted by molar-refractivity contribution is -0.00633. The Labute approximate surface area is 232 Å².